The molecule has 84 valence electrons. The zero-order valence-electron chi connectivity index (χ0n) is 9.53. The zero-order valence-corrected chi connectivity index (χ0v) is 9.53. The average molecular weight is 210 g/mol. The fourth-order valence-corrected chi connectivity index (χ4v) is 2.39. The van der Waals surface area contributed by atoms with Crippen molar-refractivity contribution in [2.75, 3.05) is 6.61 Å². The molecule has 2 rings (SSSR count). The van der Waals surface area contributed by atoms with Crippen LogP contribution in [0.3, 0.4) is 0 Å². The molecule has 1 fully saturated rings. The van der Waals surface area contributed by atoms with Crippen molar-refractivity contribution >= 4 is 0 Å². The van der Waals surface area contributed by atoms with Gasteiger partial charge in [0.15, 0.2) is 0 Å². The summed E-state index contributed by atoms with van der Waals surface area (Å²) in [7, 11) is 1.86. The van der Waals surface area contributed by atoms with Crippen molar-refractivity contribution < 1.29 is 9.84 Å². The molecule has 0 radical (unpaired) electrons. The standard InChI is InChI=1S/C11H18N2O2/c1-10(2)8-11(14,5-7-15-10)9-4-6-12-13(9)3/h4,6,14H,5,7-8H2,1-3H3. The minimum absolute atomic E-state index is 0.267. The van der Waals surface area contributed by atoms with Crippen LogP contribution in [-0.2, 0) is 17.4 Å². The maximum Gasteiger partial charge on any atom is 0.111 e. The quantitative estimate of drug-likeness (QED) is 0.757. The third-order valence-corrected chi connectivity index (χ3v) is 3.02. The van der Waals surface area contributed by atoms with Gasteiger partial charge in [-0.3, -0.25) is 4.68 Å². The van der Waals surface area contributed by atoms with Crippen LogP contribution in [0.25, 0.3) is 0 Å². The van der Waals surface area contributed by atoms with Crippen molar-refractivity contribution in [1.82, 2.24) is 9.78 Å². The van der Waals surface area contributed by atoms with E-state index < -0.39 is 5.60 Å². The first kappa shape index (κ1) is 10.6. The van der Waals surface area contributed by atoms with E-state index in [2.05, 4.69) is 5.10 Å². The van der Waals surface area contributed by atoms with Crippen molar-refractivity contribution in [1.29, 1.82) is 0 Å². The summed E-state index contributed by atoms with van der Waals surface area (Å²) in [4.78, 5) is 0. The van der Waals surface area contributed by atoms with Crippen LogP contribution in [0.2, 0.25) is 0 Å². The van der Waals surface area contributed by atoms with Gasteiger partial charge in [0, 0.05) is 26.1 Å². The van der Waals surface area contributed by atoms with E-state index in [0.717, 1.165) is 5.69 Å². The Morgan fingerprint density at radius 1 is 1.53 bits per heavy atom. The first-order chi connectivity index (χ1) is 6.93. The van der Waals surface area contributed by atoms with E-state index in [1.807, 2.05) is 27.0 Å². The van der Waals surface area contributed by atoms with Gasteiger partial charge in [-0.05, 0) is 19.9 Å². The van der Waals surface area contributed by atoms with Gasteiger partial charge in [-0.1, -0.05) is 0 Å². The number of aryl methyl sites for hydroxylation is 1. The highest BCUT2D eigenvalue weighted by Gasteiger charge is 2.42. The minimum atomic E-state index is -0.799. The molecule has 0 amide bonds. The summed E-state index contributed by atoms with van der Waals surface area (Å²) in [5.74, 6) is 0. The second-order valence-electron chi connectivity index (χ2n) is 4.91. The Morgan fingerprint density at radius 2 is 2.27 bits per heavy atom. The molecular weight excluding hydrogens is 192 g/mol. The molecule has 1 unspecified atom stereocenters. The number of rotatable bonds is 1. The second kappa shape index (κ2) is 3.32. The molecule has 0 spiro atoms. The van der Waals surface area contributed by atoms with E-state index in [1.165, 1.54) is 0 Å². The van der Waals surface area contributed by atoms with Crippen molar-refractivity contribution in [2.24, 2.45) is 7.05 Å². The van der Waals surface area contributed by atoms with Gasteiger partial charge < -0.3 is 9.84 Å². The summed E-state index contributed by atoms with van der Waals surface area (Å²) < 4.78 is 7.35. The normalized spacial score (nSPS) is 30.4. The Hall–Kier alpha value is -0.870. The number of aromatic nitrogens is 2. The number of hydrogen-bond donors (Lipinski definition) is 1. The number of nitrogens with zero attached hydrogens (tertiary/aromatic N) is 2. The van der Waals surface area contributed by atoms with Gasteiger partial charge in [-0.15, -0.1) is 0 Å². The smallest absolute Gasteiger partial charge is 0.111 e. The van der Waals surface area contributed by atoms with Crippen LogP contribution in [0.5, 0.6) is 0 Å². The zero-order chi connectivity index (χ0) is 11.1. The van der Waals surface area contributed by atoms with E-state index in [4.69, 9.17) is 4.74 Å². The number of hydrogen-bond acceptors (Lipinski definition) is 3. The summed E-state index contributed by atoms with van der Waals surface area (Å²) in [6.45, 7) is 4.61. The third-order valence-electron chi connectivity index (χ3n) is 3.02. The Kier molecular flexibility index (Phi) is 2.35. The molecule has 0 aromatic carbocycles. The van der Waals surface area contributed by atoms with Crippen molar-refractivity contribution in [3.63, 3.8) is 0 Å². The number of ether oxygens (including phenoxy) is 1. The molecule has 15 heavy (non-hydrogen) atoms. The molecule has 0 aliphatic carbocycles. The largest absolute Gasteiger partial charge is 0.383 e. The second-order valence-corrected chi connectivity index (χ2v) is 4.91. The van der Waals surface area contributed by atoms with Crippen LogP contribution in [-0.4, -0.2) is 27.1 Å². The van der Waals surface area contributed by atoms with Crippen LogP contribution in [0.15, 0.2) is 12.3 Å². The molecule has 1 aromatic heterocycles. The Bertz CT molecular complexity index is 359. The molecule has 4 heteroatoms. The molecule has 1 atom stereocenters. The fourth-order valence-electron chi connectivity index (χ4n) is 2.39. The van der Waals surface area contributed by atoms with Gasteiger partial charge in [0.2, 0.25) is 0 Å². The SMILES string of the molecule is Cn1nccc1C1(O)CCOC(C)(C)C1. The lowest BCUT2D eigenvalue weighted by Crippen LogP contribution is -2.44. The van der Waals surface area contributed by atoms with E-state index in [0.29, 0.717) is 19.4 Å². The molecule has 1 saturated heterocycles. The van der Waals surface area contributed by atoms with E-state index >= 15 is 0 Å². The van der Waals surface area contributed by atoms with Gasteiger partial charge in [-0.25, -0.2) is 0 Å². The van der Waals surface area contributed by atoms with Crippen LogP contribution in [0, 0.1) is 0 Å². The monoisotopic (exact) mass is 210 g/mol. The summed E-state index contributed by atoms with van der Waals surface area (Å²) >= 11 is 0. The molecule has 1 aliphatic rings. The molecular formula is C11H18N2O2. The topological polar surface area (TPSA) is 47.3 Å². The Morgan fingerprint density at radius 3 is 2.80 bits per heavy atom. The maximum absolute atomic E-state index is 10.6. The lowest BCUT2D eigenvalue weighted by Gasteiger charge is -2.41. The summed E-state index contributed by atoms with van der Waals surface area (Å²) in [6, 6.07) is 1.88. The summed E-state index contributed by atoms with van der Waals surface area (Å²) in [5, 5.41) is 14.7. The molecule has 4 nitrogen and oxygen atoms in total. The number of aliphatic hydroxyl groups is 1. The van der Waals surface area contributed by atoms with Crippen LogP contribution >= 0.6 is 0 Å². The third kappa shape index (κ3) is 1.92. The van der Waals surface area contributed by atoms with Crippen molar-refractivity contribution in [3.05, 3.63) is 18.0 Å². The summed E-state index contributed by atoms with van der Waals surface area (Å²) in [5.41, 5.74) is -0.191. The molecule has 1 aromatic rings. The lowest BCUT2D eigenvalue weighted by molar-refractivity contribution is -0.150. The Balaban J connectivity index is 2.31. The predicted molar refractivity (Wildman–Crippen MR) is 56.4 cm³/mol. The minimum Gasteiger partial charge on any atom is -0.383 e. The van der Waals surface area contributed by atoms with Gasteiger partial charge in [-0.2, -0.15) is 5.10 Å². The van der Waals surface area contributed by atoms with Gasteiger partial charge in [0.25, 0.3) is 0 Å². The van der Waals surface area contributed by atoms with Crippen molar-refractivity contribution in [2.45, 2.75) is 37.9 Å². The maximum atomic E-state index is 10.6. The van der Waals surface area contributed by atoms with Crippen LogP contribution in [0.4, 0.5) is 0 Å². The van der Waals surface area contributed by atoms with E-state index in [1.54, 1.807) is 10.9 Å². The molecule has 1 aliphatic heterocycles. The first-order valence-corrected chi connectivity index (χ1v) is 5.28. The highest BCUT2D eigenvalue weighted by molar-refractivity contribution is 5.14. The molecule has 2 heterocycles. The van der Waals surface area contributed by atoms with Gasteiger partial charge >= 0.3 is 0 Å². The van der Waals surface area contributed by atoms with E-state index in [9.17, 15) is 5.11 Å². The highest BCUT2D eigenvalue weighted by atomic mass is 16.5. The van der Waals surface area contributed by atoms with Crippen LogP contribution in [0.1, 0.15) is 32.4 Å². The molecule has 0 saturated carbocycles. The Labute approximate surface area is 89.9 Å². The van der Waals surface area contributed by atoms with E-state index in [-0.39, 0.29) is 5.60 Å². The predicted octanol–water partition coefficient (Wildman–Crippen LogP) is 1.20. The molecule has 0 bridgehead atoms. The summed E-state index contributed by atoms with van der Waals surface area (Å²) in [6.07, 6.45) is 2.96. The average Bonchev–Trinajstić information content (AvgIpc) is 2.49. The fraction of sp³-hybridized carbons (Fsp3) is 0.727. The molecule has 1 N–H and O–H groups in total. The first-order valence-electron chi connectivity index (χ1n) is 5.28. The van der Waals surface area contributed by atoms with Crippen LogP contribution < -0.4 is 0 Å². The lowest BCUT2D eigenvalue weighted by atomic mass is 9.82. The van der Waals surface area contributed by atoms with Crippen molar-refractivity contribution in [3.8, 4) is 0 Å². The van der Waals surface area contributed by atoms with Gasteiger partial charge in [0.1, 0.15) is 5.60 Å². The van der Waals surface area contributed by atoms with Gasteiger partial charge in [0.05, 0.1) is 17.9 Å². The highest BCUT2D eigenvalue weighted by Crippen LogP contribution is 2.38.